The summed E-state index contributed by atoms with van der Waals surface area (Å²) in [5.41, 5.74) is 0. The first kappa shape index (κ1) is 104. The van der Waals surface area contributed by atoms with Crippen molar-refractivity contribution in [3.63, 3.8) is 0 Å². The fraction of sp³-hybridized carbons (Fsp3) is 0.978. The SMILES string of the molecule is C.C.C.C.C.C.C.C.C.C.C.C.CCCCCCC(=O)OCCC.CCCCCOCCCCC.CCCOC(C)CC.CCCOCCC. The summed E-state index contributed by atoms with van der Waals surface area (Å²) in [6, 6.07) is 0. The summed E-state index contributed by atoms with van der Waals surface area (Å²) in [5.74, 6) is -0.0343. The molecule has 0 aromatic carbocycles. The third-order valence-electron chi connectivity index (χ3n) is 5.36. The standard InChI is InChI=1S/C10H20O2.C10H22O.C7H16O.C6H14O.12CH4/c1-3-5-6-7-8-10(11)12-9-4-2;1-3-5-7-9-11-10-8-6-4-2;1-4-6-8-7(3)5-2;1-3-5-7-6-4-2;;;;;;;;;;;;/h3-9H2,1-2H3;3-10H2,1-2H3;7H,4-6H2,1-3H3;3-6H2,1-2H3;12*1H4. The molecule has 0 aromatic rings. The molecule has 0 spiro atoms. The highest BCUT2D eigenvalue weighted by Gasteiger charge is 2.00. The Hall–Kier alpha value is -0.650. The van der Waals surface area contributed by atoms with Crippen molar-refractivity contribution in [3.8, 4) is 0 Å². The van der Waals surface area contributed by atoms with Crippen LogP contribution < -0.4 is 0 Å². The second-order valence-corrected chi connectivity index (χ2v) is 9.76. The molecule has 1 atom stereocenters. The van der Waals surface area contributed by atoms with Crippen molar-refractivity contribution in [3.05, 3.63) is 0 Å². The van der Waals surface area contributed by atoms with Gasteiger partial charge in [0.25, 0.3) is 0 Å². The van der Waals surface area contributed by atoms with E-state index in [-0.39, 0.29) is 95.1 Å². The molecule has 0 fully saturated rings. The van der Waals surface area contributed by atoms with Crippen LogP contribution in [-0.2, 0) is 23.7 Å². The van der Waals surface area contributed by atoms with E-state index >= 15 is 0 Å². The highest BCUT2D eigenvalue weighted by atomic mass is 16.5. The maximum atomic E-state index is 10.9. The summed E-state index contributed by atoms with van der Waals surface area (Å²) in [5, 5.41) is 0. The van der Waals surface area contributed by atoms with Crippen LogP contribution in [0.2, 0.25) is 0 Å². The van der Waals surface area contributed by atoms with Gasteiger partial charge in [0.2, 0.25) is 0 Å². The van der Waals surface area contributed by atoms with E-state index in [9.17, 15) is 4.79 Å². The van der Waals surface area contributed by atoms with Gasteiger partial charge in [-0.1, -0.05) is 189 Å². The molecule has 5 heteroatoms. The molecule has 0 aliphatic heterocycles. The molecule has 1 unspecified atom stereocenters. The predicted octanol–water partition coefficient (Wildman–Crippen LogP) is 18.0. The molecule has 5 nitrogen and oxygen atoms in total. The first-order valence-electron chi connectivity index (χ1n) is 16.4. The number of esters is 1. The second-order valence-electron chi connectivity index (χ2n) is 9.76. The smallest absolute Gasteiger partial charge is 0.305 e. The van der Waals surface area contributed by atoms with Gasteiger partial charge in [0.05, 0.1) is 12.7 Å². The van der Waals surface area contributed by atoms with Gasteiger partial charge in [-0.3, -0.25) is 4.79 Å². The van der Waals surface area contributed by atoms with Crippen LogP contribution in [0.15, 0.2) is 0 Å². The molecule has 330 valence electrons. The Morgan fingerprint density at radius 1 is 0.400 bits per heavy atom. The topological polar surface area (TPSA) is 54.0 Å². The molecule has 0 bridgehead atoms. The third-order valence-corrected chi connectivity index (χ3v) is 5.36. The number of hydrogen-bond donors (Lipinski definition) is 0. The van der Waals surface area contributed by atoms with Crippen LogP contribution in [-0.4, -0.2) is 51.7 Å². The minimum atomic E-state index is -0.0343. The van der Waals surface area contributed by atoms with Gasteiger partial charge in [-0.05, 0) is 58.3 Å². The average Bonchev–Trinajstić information content (AvgIpc) is 2.94. The van der Waals surface area contributed by atoms with Crippen molar-refractivity contribution in [1.29, 1.82) is 0 Å². The van der Waals surface area contributed by atoms with Crippen LogP contribution in [0.3, 0.4) is 0 Å². The Balaban J connectivity index is -0.0000000207. The molecule has 0 saturated heterocycles. The van der Waals surface area contributed by atoms with Gasteiger partial charge in [0.15, 0.2) is 0 Å². The summed E-state index contributed by atoms with van der Waals surface area (Å²) >= 11 is 0. The van der Waals surface area contributed by atoms with Gasteiger partial charge in [-0.2, -0.15) is 0 Å². The highest BCUT2D eigenvalue weighted by molar-refractivity contribution is 5.69. The molecular formula is C45H120O5. The Morgan fingerprint density at radius 2 is 0.740 bits per heavy atom. The summed E-state index contributed by atoms with van der Waals surface area (Å²) in [7, 11) is 0. The number of carbonyl (C=O) groups is 1. The lowest BCUT2D eigenvalue weighted by Gasteiger charge is -2.07. The molecular weight excluding hydrogens is 620 g/mol. The summed E-state index contributed by atoms with van der Waals surface area (Å²) in [6.07, 6.45) is 18.8. The van der Waals surface area contributed by atoms with E-state index in [0.717, 1.165) is 78.0 Å². The Kier molecular flexibility index (Phi) is 229. The minimum absolute atomic E-state index is 0. The van der Waals surface area contributed by atoms with Crippen molar-refractivity contribution in [2.75, 3.05) is 39.6 Å². The summed E-state index contributed by atoms with van der Waals surface area (Å²) in [4.78, 5) is 10.9. The van der Waals surface area contributed by atoms with Crippen molar-refractivity contribution in [1.82, 2.24) is 0 Å². The monoisotopic (exact) mass is 741 g/mol. The van der Waals surface area contributed by atoms with Gasteiger partial charge < -0.3 is 18.9 Å². The van der Waals surface area contributed by atoms with E-state index in [1.807, 2.05) is 6.92 Å². The van der Waals surface area contributed by atoms with Crippen molar-refractivity contribution in [2.45, 2.75) is 260 Å². The van der Waals surface area contributed by atoms with Crippen molar-refractivity contribution in [2.24, 2.45) is 0 Å². The molecule has 0 amide bonds. The maximum absolute atomic E-state index is 10.9. The zero-order valence-corrected chi connectivity index (χ0v) is 27.7. The van der Waals surface area contributed by atoms with Crippen LogP contribution in [0.4, 0.5) is 0 Å². The van der Waals surface area contributed by atoms with Crippen LogP contribution >= 0.6 is 0 Å². The number of rotatable bonds is 23. The normalized spacial score (nSPS) is 8.18. The maximum Gasteiger partial charge on any atom is 0.305 e. The molecule has 0 heterocycles. The van der Waals surface area contributed by atoms with Gasteiger partial charge in [-0.25, -0.2) is 0 Å². The first-order valence-corrected chi connectivity index (χ1v) is 16.4. The molecule has 0 rings (SSSR count). The van der Waals surface area contributed by atoms with E-state index in [4.69, 9.17) is 18.9 Å². The molecule has 0 aromatic heterocycles. The molecule has 0 aliphatic rings. The van der Waals surface area contributed by atoms with Crippen LogP contribution in [0.25, 0.3) is 0 Å². The predicted molar refractivity (Wildman–Crippen MR) is 248 cm³/mol. The molecule has 0 aliphatic carbocycles. The van der Waals surface area contributed by atoms with E-state index in [0.29, 0.717) is 19.1 Å². The van der Waals surface area contributed by atoms with Gasteiger partial charge in [0, 0.05) is 39.5 Å². The Labute approximate surface area is 328 Å². The fourth-order valence-corrected chi connectivity index (χ4v) is 2.82. The lowest BCUT2D eigenvalue weighted by molar-refractivity contribution is -0.143. The number of ether oxygens (including phenoxy) is 4. The average molecular weight is 741 g/mol. The van der Waals surface area contributed by atoms with E-state index < -0.39 is 0 Å². The summed E-state index contributed by atoms with van der Waals surface area (Å²) in [6.45, 7) is 24.5. The zero-order chi connectivity index (χ0) is 29.5. The fourth-order valence-electron chi connectivity index (χ4n) is 2.82. The zero-order valence-electron chi connectivity index (χ0n) is 27.7. The third kappa shape index (κ3) is 136. The van der Waals surface area contributed by atoms with Gasteiger partial charge >= 0.3 is 5.97 Å². The highest BCUT2D eigenvalue weighted by Crippen LogP contribution is 2.03. The quantitative estimate of drug-likeness (QED) is 0.0771. The lowest BCUT2D eigenvalue weighted by Crippen LogP contribution is -2.06. The van der Waals surface area contributed by atoms with Crippen LogP contribution in [0, 0.1) is 0 Å². The number of hydrogen-bond acceptors (Lipinski definition) is 5. The Morgan fingerprint density at radius 3 is 1.06 bits per heavy atom. The first-order chi connectivity index (χ1) is 18.4. The second kappa shape index (κ2) is 110. The molecule has 0 saturated carbocycles. The van der Waals surface area contributed by atoms with E-state index in [2.05, 4.69) is 55.4 Å². The van der Waals surface area contributed by atoms with Crippen molar-refractivity contribution >= 4 is 5.97 Å². The van der Waals surface area contributed by atoms with E-state index in [1.165, 1.54) is 51.4 Å². The van der Waals surface area contributed by atoms with Crippen LogP contribution in [0.5, 0.6) is 0 Å². The molecule has 0 radical (unpaired) electrons. The number of unbranched alkanes of at least 4 members (excludes halogenated alkanes) is 7. The number of carbonyl (C=O) groups excluding carboxylic acids is 1. The minimum Gasteiger partial charge on any atom is -0.466 e. The lowest BCUT2D eigenvalue weighted by atomic mass is 10.2. The van der Waals surface area contributed by atoms with Gasteiger partial charge in [0.1, 0.15) is 0 Å². The molecule has 0 N–H and O–H groups in total. The van der Waals surface area contributed by atoms with Gasteiger partial charge in [-0.15, -0.1) is 0 Å². The van der Waals surface area contributed by atoms with Crippen molar-refractivity contribution < 1.29 is 23.7 Å². The van der Waals surface area contributed by atoms with E-state index in [1.54, 1.807) is 0 Å². The summed E-state index contributed by atoms with van der Waals surface area (Å²) < 4.78 is 20.8. The molecule has 50 heavy (non-hydrogen) atoms. The Bertz CT molecular complexity index is 366. The largest absolute Gasteiger partial charge is 0.466 e. The van der Waals surface area contributed by atoms with Crippen LogP contribution in [0.1, 0.15) is 254 Å².